The molecule has 1 aromatic rings. The van der Waals surface area contributed by atoms with Crippen LogP contribution in [0.5, 0.6) is 0 Å². The highest BCUT2D eigenvalue weighted by atomic mass is 32.2. The molecule has 2 fully saturated rings. The van der Waals surface area contributed by atoms with Crippen LogP contribution in [0.1, 0.15) is 50.5 Å². The monoisotopic (exact) mass is 495 g/mol. The second kappa shape index (κ2) is 11.0. The van der Waals surface area contributed by atoms with E-state index in [1.54, 1.807) is 35.3 Å². The van der Waals surface area contributed by atoms with E-state index in [1.807, 2.05) is 6.92 Å². The van der Waals surface area contributed by atoms with Gasteiger partial charge in [0.25, 0.3) is 0 Å². The lowest BCUT2D eigenvalue weighted by molar-refractivity contribution is -0.139. The Hall–Kier alpha value is -2.26. The number of hydrogen-bond donors (Lipinski definition) is 1. The minimum Gasteiger partial charge on any atom is -0.384 e. The lowest BCUT2D eigenvalue weighted by Gasteiger charge is -2.38. The van der Waals surface area contributed by atoms with Gasteiger partial charge in [0.05, 0.1) is 5.69 Å². The summed E-state index contributed by atoms with van der Waals surface area (Å²) in [6.45, 7) is 10.3. The number of amides is 1. The second-order valence-electron chi connectivity index (χ2n) is 9.14. The van der Waals surface area contributed by atoms with Crippen molar-refractivity contribution < 1.29 is 22.0 Å². The number of benzene rings is 1. The van der Waals surface area contributed by atoms with E-state index in [-0.39, 0.29) is 55.6 Å². The van der Waals surface area contributed by atoms with Crippen LogP contribution in [0, 0.1) is 6.92 Å². The van der Waals surface area contributed by atoms with Gasteiger partial charge in [-0.2, -0.15) is 4.31 Å². The van der Waals surface area contributed by atoms with Crippen LogP contribution in [0.4, 0.5) is 14.5 Å². The molecule has 34 heavy (non-hydrogen) atoms. The maximum atomic E-state index is 13.7. The van der Waals surface area contributed by atoms with Crippen molar-refractivity contribution in [1.29, 1.82) is 0 Å². The summed E-state index contributed by atoms with van der Waals surface area (Å²) in [5.74, 6) is -3.03. The number of carbonyl (C=O) groups excluding carboxylic acids is 1. The van der Waals surface area contributed by atoms with Crippen molar-refractivity contribution >= 4 is 21.6 Å². The zero-order valence-corrected chi connectivity index (χ0v) is 20.6. The molecule has 1 N–H and O–H groups in total. The highest BCUT2D eigenvalue weighted by Crippen LogP contribution is 2.37. The van der Waals surface area contributed by atoms with E-state index in [0.717, 1.165) is 5.56 Å². The first-order chi connectivity index (χ1) is 16.1. The van der Waals surface area contributed by atoms with Gasteiger partial charge in [0.15, 0.2) is 0 Å². The van der Waals surface area contributed by atoms with E-state index in [9.17, 15) is 22.0 Å². The topological polar surface area (TPSA) is 69.7 Å². The molecule has 0 spiro atoms. The highest BCUT2D eigenvalue weighted by Gasteiger charge is 2.44. The standard InChI is InChI=1S/C25H35F2N3O3S/c1-4-6-15-28-21-18-19(3)9-10-23(21)34(32,33)30-17-7-8-22(30)24(31)29(16-5-2)20-11-13-25(26,27)14-12-20/h4-5,9-10,18,20,22,28H,1-2,6-8,11-17H2,3H3/t22-/m0/s1. The van der Waals surface area contributed by atoms with Crippen molar-refractivity contribution in [2.45, 2.75) is 74.8 Å². The number of rotatable bonds is 10. The molecule has 0 radical (unpaired) electrons. The molecule has 1 saturated heterocycles. The van der Waals surface area contributed by atoms with Crippen LogP contribution < -0.4 is 5.32 Å². The maximum absolute atomic E-state index is 13.7. The zero-order valence-electron chi connectivity index (χ0n) is 19.8. The molecule has 1 amide bonds. The first kappa shape index (κ1) is 26.3. The van der Waals surface area contributed by atoms with Gasteiger partial charge in [-0.25, -0.2) is 17.2 Å². The number of anilines is 1. The van der Waals surface area contributed by atoms with Crippen LogP contribution in [0.15, 0.2) is 48.4 Å². The fourth-order valence-electron chi connectivity index (χ4n) is 4.80. The number of halogens is 2. The maximum Gasteiger partial charge on any atom is 0.248 e. The Morgan fingerprint density at radius 3 is 2.59 bits per heavy atom. The molecule has 1 atom stereocenters. The summed E-state index contributed by atoms with van der Waals surface area (Å²) in [4.78, 5) is 15.3. The minimum atomic E-state index is -3.96. The Morgan fingerprint density at radius 1 is 1.24 bits per heavy atom. The van der Waals surface area contributed by atoms with Gasteiger partial charge < -0.3 is 10.2 Å². The predicted octanol–water partition coefficient (Wildman–Crippen LogP) is 4.73. The lowest BCUT2D eigenvalue weighted by Crippen LogP contribution is -2.52. The minimum absolute atomic E-state index is 0.134. The largest absolute Gasteiger partial charge is 0.384 e. The second-order valence-corrected chi connectivity index (χ2v) is 11.0. The summed E-state index contributed by atoms with van der Waals surface area (Å²) in [6, 6.07) is 3.91. The number of aryl methyl sites for hydroxylation is 1. The molecular formula is C25H35F2N3O3S. The first-order valence-electron chi connectivity index (χ1n) is 11.9. The van der Waals surface area contributed by atoms with Gasteiger partial charge in [-0.05, 0) is 56.7 Å². The van der Waals surface area contributed by atoms with Gasteiger partial charge >= 0.3 is 0 Å². The van der Waals surface area contributed by atoms with Crippen LogP contribution in [0.25, 0.3) is 0 Å². The average Bonchev–Trinajstić information content (AvgIpc) is 3.28. The van der Waals surface area contributed by atoms with Crippen LogP contribution >= 0.6 is 0 Å². The van der Waals surface area contributed by atoms with Crippen molar-refractivity contribution in [3.8, 4) is 0 Å². The molecule has 188 valence electrons. The Kier molecular flexibility index (Phi) is 8.52. The Balaban J connectivity index is 1.86. The smallest absolute Gasteiger partial charge is 0.248 e. The third kappa shape index (κ3) is 5.86. The van der Waals surface area contributed by atoms with Gasteiger partial charge in [-0.3, -0.25) is 4.79 Å². The van der Waals surface area contributed by atoms with Crippen molar-refractivity contribution in [1.82, 2.24) is 9.21 Å². The van der Waals surface area contributed by atoms with Gasteiger partial charge in [0, 0.05) is 38.5 Å². The van der Waals surface area contributed by atoms with E-state index in [1.165, 1.54) is 4.31 Å². The van der Waals surface area contributed by atoms with Gasteiger partial charge in [-0.15, -0.1) is 13.2 Å². The molecule has 3 rings (SSSR count). The van der Waals surface area contributed by atoms with E-state index in [4.69, 9.17) is 0 Å². The summed E-state index contributed by atoms with van der Waals surface area (Å²) in [5.41, 5.74) is 1.41. The molecule has 1 saturated carbocycles. The van der Waals surface area contributed by atoms with Crippen molar-refractivity contribution in [3.05, 3.63) is 49.1 Å². The molecule has 1 aliphatic carbocycles. The van der Waals surface area contributed by atoms with E-state index in [0.29, 0.717) is 31.5 Å². The van der Waals surface area contributed by atoms with E-state index >= 15 is 0 Å². The van der Waals surface area contributed by atoms with Crippen molar-refractivity contribution in [2.24, 2.45) is 0 Å². The number of carbonyl (C=O) groups is 1. The van der Waals surface area contributed by atoms with Crippen molar-refractivity contribution in [3.63, 3.8) is 0 Å². The molecule has 9 heteroatoms. The fraction of sp³-hybridized carbons (Fsp3) is 0.560. The Labute approximate surface area is 201 Å². The molecule has 1 heterocycles. The predicted molar refractivity (Wildman–Crippen MR) is 131 cm³/mol. The summed E-state index contributed by atoms with van der Waals surface area (Å²) >= 11 is 0. The molecule has 1 aromatic carbocycles. The quantitative estimate of drug-likeness (QED) is 0.376. The van der Waals surface area contributed by atoms with Crippen LogP contribution in [-0.2, 0) is 14.8 Å². The van der Waals surface area contributed by atoms with Crippen LogP contribution in [0.2, 0.25) is 0 Å². The summed E-state index contributed by atoms with van der Waals surface area (Å²) in [7, 11) is -3.96. The molecule has 1 aliphatic heterocycles. The third-order valence-electron chi connectivity index (χ3n) is 6.61. The van der Waals surface area contributed by atoms with Crippen molar-refractivity contribution in [2.75, 3.05) is 25.0 Å². The zero-order chi connectivity index (χ0) is 24.9. The van der Waals surface area contributed by atoms with Crippen LogP contribution in [-0.4, -0.2) is 61.2 Å². The Bertz CT molecular complexity index is 1000. The first-order valence-corrected chi connectivity index (χ1v) is 13.3. The molecule has 0 unspecified atom stereocenters. The fourth-order valence-corrected chi connectivity index (χ4v) is 6.60. The molecule has 0 aromatic heterocycles. The van der Waals surface area contributed by atoms with Gasteiger partial charge in [-0.1, -0.05) is 18.2 Å². The molecule has 0 bridgehead atoms. The highest BCUT2D eigenvalue weighted by molar-refractivity contribution is 7.89. The number of nitrogens with zero attached hydrogens (tertiary/aromatic N) is 2. The van der Waals surface area contributed by atoms with E-state index in [2.05, 4.69) is 18.5 Å². The molecule has 2 aliphatic rings. The van der Waals surface area contributed by atoms with Gasteiger partial charge in [0.1, 0.15) is 10.9 Å². The number of alkyl halides is 2. The van der Waals surface area contributed by atoms with E-state index < -0.39 is 22.0 Å². The Morgan fingerprint density at radius 2 is 1.94 bits per heavy atom. The number of nitrogens with one attached hydrogen (secondary N) is 1. The summed E-state index contributed by atoms with van der Waals surface area (Å²) in [6.07, 6.45) is 4.81. The summed E-state index contributed by atoms with van der Waals surface area (Å²) < 4.78 is 56.1. The SMILES string of the molecule is C=CCCNc1cc(C)ccc1S(=O)(=O)N1CCC[C@H]1C(=O)N(CC=C)C1CCC(F)(F)CC1. The third-order valence-corrected chi connectivity index (χ3v) is 8.58. The number of hydrogen-bond acceptors (Lipinski definition) is 4. The normalized spacial score (nSPS) is 21.2. The average molecular weight is 496 g/mol. The summed E-state index contributed by atoms with van der Waals surface area (Å²) in [5, 5.41) is 3.17. The van der Waals surface area contributed by atoms with Gasteiger partial charge in [0.2, 0.25) is 21.9 Å². The number of sulfonamides is 1. The molecule has 6 nitrogen and oxygen atoms in total. The molecular weight excluding hydrogens is 460 g/mol. The lowest BCUT2D eigenvalue weighted by atomic mass is 9.90. The van der Waals surface area contributed by atoms with Crippen LogP contribution in [0.3, 0.4) is 0 Å².